The van der Waals surface area contributed by atoms with Gasteiger partial charge in [-0.25, -0.2) is 0 Å². The number of para-hydroxylation sites is 2. The van der Waals surface area contributed by atoms with Crippen molar-refractivity contribution in [3.8, 4) is 17.2 Å². The minimum absolute atomic E-state index is 0.102. The molecule has 0 fully saturated rings. The summed E-state index contributed by atoms with van der Waals surface area (Å²) in [5.41, 5.74) is 3.90. The average Bonchev–Trinajstić information content (AvgIpc) is 2.80. The molecule has 0 amide bonds. The summed E-state index contributed by atoms with van der Waals surface area (Å²) >= 11 is 3.57. The van der Waals surface area contributed by atoms with Crippen LogP contribution in [0.25, 0.3) is 5.70 Å². The number of phenolic OH excluding ortho intramolecular Hbond substituents is 1. The van der Waals surface area contributed by atoms with Gasteiger partial charge in [0.1, 0.15) is 11.8 Å². The number of hydrogen-bond donors (Lipinski definition) is 3. The topological polar surface area (TPSA) is 67.3 Å². The first-order valence-corrected chi connectivity index (χ1v) is 11.1. The maximum Gasteiger partial charge on any atom is 0.190 e. The van der Waals surface area contributed by atoms with E-state index in [0.29, 0.717) is 12.4 Å². The third-order valence-corrected chi connectivity index (χ3v) is 5.85. The summed E-state index contributed by atoms with van der Waals surface area (Å²) in [6.45, 7) is 2.40. The lowest BCUT2D eigenvalue weighted by molar-refractivity contribution is -0.731. The van der Waals surface area contributed by atoms with Crippen LogP contribution in [0.1, 0.15) is 35.8 Å². The second-order valence-corrected chi connectivity index (χ2v) is 8.22. The van der Waals surface area contributed by atoms with Crippen LogP contribution in [0.15, 0.2) is 77.3 Å². The number of nitrogens with one attached hydrogen (secondary N) is 1. The Labute approximate surface area is 190 Å². The van der Waals surface area contributed by atoms with Gasteiger partial charge in [-0.1, -0.05) is 46.3 Å². The summed E-state index contributed by atoms with van der Waals surface area (Å²) in [6, 6.07) is 21.7. The Kier molecular flexibility index (Phi) is 6.49. The van der Waals surface area contributed by atoms with Gasteiger partial charge in [0.15, 0.2) is 17.7 Å². The number of nitrogens with two attached hydrogens (primary N) is 1. The number of benzene rings is 3. The molecular formula is C25H26BrN2O3+. The highest BCUT2D eigenvalue weighted by Crippen LogP contribution is 2.36. The van der Waals surface area contributed by atoms with E-state index in [1.807, 2.05) is 49.4 Å². The second kappa shape index (κ2) is 9.45. The molecule has 2 unspecified atom stereocenters. The second-order valence-electron chi connectivity index (χ2n) is 7.30. The molecule has 1 aliphatic heterocycles. The normalized spacial score (nSPS) is 18.1. The van der Waals surface area contributed by atoms with Crippen LogP contribution in [-0.4, -0.2) is 18.8 Å². The first-order chi connectivity index (χ1) is 15.1. The van der Waals surface area contributed by atoms with Crippen LogP contribution >= 0.6 is 15.9 Å². The number of phenols is 1. The van der Waals surface area contributed by atoms with Crippen molar-refractivity contribution in [2.75, 3.05) is 13.7 Å². The van der Waals surface area contributed by atoms with Crippen molar-refractivity contribution in [1.82, 2.24) is 5.32 Å². The summed E-state index contributed by atoms with van der Waals surface area (Å²) in [5.74, 6) is 1.49. The molecule has 0 saturated heterocycles. The van der Waals surface area contributed by atoms with Gasteiger partial charge >= 0.3 is 0 Å². The van der Waals surface area contributed by atoms with Crippen LogP contribution in [-0.2, 0) is 0 Å². The molecule has 4 N–H and O–H groups in total. The summed E-state index contributed by atoms with van der Waals surface area (Å²) in [5, 5.41) is 16.7. The van der Waals surface area contributed by atoms with Crippen LogP contribution in [0.2, 0.25) is 0 Å². The zero-order valence-electron chi connectivity index (χ0n) is 17.5. The van der Waals surface area contributed by atoms with E-state index >= 15 is 0 Å². The fraction of sp³-hybridized carbons (Fsp3) is 0.200. The van der Waals surface area contributed by atoms with Crippen molar-refractivity contribution >= 4 is 21.6 Å². The lowest BCUT2D eigenvalue weighted by Gasteiger charge is -2.31. The summed E-state index contributed by atoms with van der Waals surface area (Å²) in [7, 11) is 1.68. The van der Waals surface area contributed by atoms with Gasteiger partial charge in [0.05, 0.1) is 24.8 Å². The van der Waals surface area contributed by atoms with Crippen molar-refractivity contribution in [2.45, 2.75) is 19.1 Å². The van der Waals surface area contributed by atoms with E-state index in [9.17, 15) is 5.11 Å². The molecule has 0 aliphatic carbocycles. The van der Waals surface area contributed by atoms with Gasteiger partial charge in [0, 0.05) is 16.2 Å². The van der Waals surface area contributed by atoms with E-state index in [2.05, 4.69) is 50.8 Å². The van der Waals surface area contributed by atoms with Crippen molar-refractivity contribution in [2.24, 2.45) is 0 Å². The highest BCUT2D eigenvalue weighted by atomic mass is 79.9. The highest BCUT2D eigenvalue weighted by molar-refractivity contribution is 9.10. The van der Waals surface area contributed by atoms with Crippen LogP contribution < -0.4 is 20.1 Å². The number of aromatic hydroxyl groups is 1. The van der Waals surface area contributed by atoms with E-state index in [-0.39, 0.29) is 18.0 Å². The molecule has 160 valence electrons. The lowest BCUT2D eigenvalue weighted by atomic mass is 9.97. The number of halogens is 1. The molecule has 4 rings (SSSR count). The molecule has 0 aromatic heterocycles. The Morgan fingerprint density at radius 1 is 1.00 bits per heavy atom. The monoisotopic (exact) mass is 481 g/mol. The summed E-state index contributed by atoms with van der Waals surface area (Å²) < 4.78 is 12.2. The zero-order valence-corrected chi connectivity index (χ0v) is 19.1. The Hall–Kier alpha value is -2.96. The largest absolute Gasteiger partial charge is 0.504 e. The maximum absolute atomic E-state index is 10.9. The van der Waals surface area contributed by atoms with E-state index in [1.54, 1.807) is 13.2 Å². The smallest absolute Gasteiger partial charge is 0.190 e. The quantitative estimate of drug-likeness (QED) is 0.484. The van der Waals surface area contributed by atoms with Gasteiger partial charge in [-0.3, -0.25) is 0 Å². The fourth-order valence-corrected chi connectivity index (χ4v) is 4.32. The number of methoxy groups -OCH3 is 1. The molecule has 1 heterocycles. The number of hydrogen-bond acceptors (Lipinski definition) is 4. The Morgan fingerprint density at radius 3 is 2.52 bits per heavy atom. The summed E-state index contributed by atoms with van der Waals surface area (Å²) in [6.07, 6.45) is 2.04. The van der Waals surface area contributed by atoms with Crippen molar-refractivity contribution < 1.29 is 19.9 Å². The molecule has 3 aromatic rings. The highest BCUT2D eigenvalue weighted by Gasteiger charge is 2.31. The van der Waals surface area contributed by atoms with Gasteiger partial charge in [-0.15, -0.1) is 0 Å². The molecule has 2 atom stereocenters. The lowest BCUT2D eigenvalue weighted by Crippen LogP contribution is -2.89. The van der Waals surface area contributed by atoms with E-state index in [4.69, 9.17) is 9.47 Å². The summed E-state index contributed by atoms with van der Waals surface area (Å²) in [4.78, 5) is 0. The van der Waals surface area contributed by atoms with Gasteiger partial charge < -0.3 is 25.2 Å². The molecule has 1 aliphatic rings. The van der Waals surface area contributed by atoms with Gasteiger partial charge in [-0.2, -0.15) is 0 Å². The van der Waals surface area contributed by atoms with Gasteiger partial charge in [-0.05, 0) is 48.9 Å². The van der Waals surface area contributed by atoms with Crippen LogP contribution in [0.4, 0.5) is 0 Å². The number of rotatable bonds is 6. The standard InChI is InChI=1S/C25H25BrN2O3/c1-3-31-23-13-7-11-18(24(23)29)21-15-20(16-8-6-9-17(26)14-16)27-25(28-21)19-10-4-5-12-22(19)30-2/h4-15,21,25,27-29H,3H2,1-2H3/p+1. The van der Waals surface area contributed by atoms with Crippen molar-refractivity contribution in [3.05, 3.63) is 94.0 Å². The third kappa shape index (κ3) is 4.55. The van der Waals surface area contributed by atoms with E-state index in [0.717, 1.165) is 32.6 Å². The predicted octanol–water partition coefficient (Wildman–Crippen LogP) is 4.51. The number of ether oxygens (including phenoxy) is 2. The van der Waals surface area contributed by atoms with Crippen LogP contribution in [0, 0.1) is 0 Å². The van der Waals surface area contributed by atoms with Crippen LogP contribution in [0.3, 0.4) is 0 Å². The van der Waals surface area contributed by atoms with E-state index < -0.39 is 0 Å². The van der Waals surface area contributed by atoms with Gasteiger partial charge in [0.25, 0.3) is 0 Å². The van der Waals surface area contributed by atoms with Crippen molar-refractivity contribution in [3.63, 3.8) is 0 Å². The van der Waals surface area contributed by atoms with Crippen LogP contribution in [0.5, 0.6) is 17.2 Å². The minimum Gasteiger partial charge on any atom is -0.504 e. The molecule has 31 heavy (non-hydrogen) atoms. The molecule has 3 aromatic carbocycles. The average molecular weight is 482 g/mol. The molecular weight excluding hydrogens is 456 g/mol. The first kappa shape index (κ1) is 21.3. The third-order valence-electron chi connectivity index (χ3n) is 5.36. The molecule has 0 bridgehead atoms. The Morgan fingerprint density at radius 2 is 1.74 bits per heavy atom. The van der Waals surface area contributed by atoms with Gasteiger partial charge in [0.2, 0.25) is 0 Å². The van der Waals surface area contributed by atoms with Crippen molar-refractivity contribution in [1.29, 1.82) is 0 Å². The maximum atomic E-state index is 10.9. The number of quaternary nitrogens is 1. The molecule has 6 heteroatoms. The zero-order chi connectivity index (χ0) is 21.8. The predicted molar refractivity (Wildman–Crippen MR) is 125 cm³/mol. The minimum atomic E-state index is -0.120. The SMILES string of the molecule is CCOc1cccc(C2C=C(c3cccc(Br)c3)NC(c3ccccc3OC)[NH2+]2)c1O. The molecule has 0 saturated carbocycles. The first-order valence-electron chi connectivity index (χ1n) is 10.3. The molecule has 0 radical (unpaired) electrons. The van der Waals surface area contributed by atoms with E-state index in [1.165, 1.54) is 0 Å². The Balaban J connectivity index is 1.80. The molecule has 0 spiro atoms. The Bertz CT molecular complexity index is 1100. The molecule has 5 nitrogen and oxygen atoms in total. The fourth-order valence-electron chi connectivity index (χ4n) is 3.92.